The number of halogens is 1. The third-order valence-electron chi connectivity index (χ3n) is 2.90. The zero-order chi connectivity index (χ0) is 15.1. The summed E-state index contributed by atoms with van der Waals surface area (Å²) in [4.78, 5) is 13.9. The fraction of sp³-hybridized carbons (Fsp3) is 0.429. The van der Waals surface area contributed by atoms with Crippen LogP contribution in [0.4, 0.5) is 5.69 Å². The highest BCUT2D eigenvalue weighted by Crippen LogP contribution is 2.14. The lowest BCUT2D eigenvalue weighted by atomic mass is 10.3. The number of ether oxygens (including phenoxy) is 2. The maximum Gasteiger partial charge on any atom is 0.375 e. The van der Waals surface area contributed by atoms with Gasteiger partial charge in [-0.2, -0.15) is 0 Å². The quantitative estimate of drug-likeness (QED) is 0.389. The molecule has 1 saturated heterocycles. The third kappa shape index (κ3) is 4.71. The number of benzene rings is 1. The van der Waals surface area contributed by atoms with Gasteiger partial charge in [0, 0.05) is 17.6 Å². The van der Waals surface area contributed by atoms with Crippen LogP contribution < -0.4 is 5.43 Å². The van der Waals surface area contributed by atoms with Crippen LogP contribution in [0.5, 0.6) is 0 Å². The molecule has 1 aromatic carbocycles. The Hall–Kier alpha value is -1.60. The van der Waals surface area contributed by atoms with E-state index in [4.69, 9.17) is 9.47 Å². The molecule has 0 unspecified atom stereocenters. The van der Waals surface area contributed by atoms with Crippen molar-refractivity contribution >= 4 is 33.4 Å². The zero-order valence-corrected chi connectivity index (χ0v) is 13.4. The summed E-state index contributed by atoms with van der Waals surface area (Å²) in [6.07, 6.45) is 0. The Labute approximate surface area is 132 Å². The Bertz CT molecular complexity index is 499. The SMILES string of the molecule is CCOC(=O)/C(=N/Nc1ccc(Br)cc1)N1CCOCC1. The average molecular weight is 356 g/mol. The van der Waals surface area contributed by atoms with E-state index < -0.39 is 5.97 Å². The number of carbonyl (C=O) groups excluding carboxylic acids is 1. The maximum absolute atomic E-state index is 12.0. The Balaban J connectivity index is 2.11. The van der Waals surface area contributed by atoms with Gasteiger partial charge in [0.15, 0.2) is 0 Å². The van der Waals surface area contributed by atoms with E-state index >= 15 is 0 Å². The molecule has 1 aromatic rings. The van der Waals surface area contributed by atoms with Crippen LogP contribution in [0.1, 0.15) is 6.92 Å². The minimum Gasteiger partial charge on any atom is -0.460 e. The number of nitrogens with one attached hydrogen (secondary N) is 1. The van der Waals surface area contributed by atoms with Crippen LogP contribution in [0.15, 0.2) is 33.8 Å². The number of carbonyl (C=O) groups is 1. The number of amidine groups is 1. The molecule has 1 aliphatic heterocycles. The van der Waals surface area contributed by atoms with Crippen molar-refractivity contribution in [3.05, 3.63) is 28.7 Å². The molecule has 0 radical (unpaired) electrons. The van der Waals surface area contributed by atoms with Crippen molar-refractivity contribution in [1.82, 2.24) is 4.90 Å². The first kappa shape index (κ1) is 15.8. The Morgan fingerprint density at radius 2 is 2.05 bits per heavy atom. The lowest BCUT2D eigenvalue weighted by molar-refractivity contribution is -0.136. The van der Waals surface area contributed by atoms with E-state index in [1.165, 1.54) is 0 Å². The fourth-order valence-electron chi connectivity index (χ4n) is 1.86. The molecule has 1 heterocycles. The monoisotopic (exact) mass is 355 g/mol. The van der Waals surface area contributed by atoms with Gasteiger partial charge in [0.2, 0.25) is 5.84 Å². The molecule has 0 amide bonds. The van der Waals surface area contributed by atoms with Crippen molar-refractivity contribution in [2.75, 3.05) is 38.3 Å². The number of rotatable bonds is 3. The van der Waals surface area contributed by atoms with Gasteiger partial charge in [-0.1, -0.05) is 15.9 Å². The van der Waals surface area contributed by atoms with E-state index in [0.717, 1.165) is 10.2 Å². The highest BCUT2D eigenvalue weighted by molar-refractivity contribution is 9.10. The van der Waals surface area contributed by atoms with Crippen molar-refractivity contribution < 1.29 is 14.3 Å². The number of hydrazone groups is 1. The molecule has 0 aromatic heterocycles. The standard InChI is InChI=1S/C14H18BrN3O3/c1-2-21-14(19)13(18-7-9-20-10-8-18)17-16-12-5-3-11(15)4-6-12/h3-6,16H,2,7-10H2,1H3/b17-13-. The second-order valence-corrected chi connectivity index (χ2v) is 5.29. The van der Waals surface area contributed by atoms with Gasteiger partial charge in [0.1, 0.15) is 0 Å². The number of anilines is 1. The van der Waals surface area contributed by atoms with Crippen LogP contribution in [0.2, 0.25) is 0 Å². The summed E-state index contributed by atoms with van der Waals surface area (Å²) in [6, 6.07) is 7.54. The molecule has 0 bridgehead atoms. The van der Waals surface area contributed by atoms with Crippen molar-refractivity contribution in [3.8, 4) is 0 Å². The first-order chi connectivity index (χ1) is 10.2. The minimum atomic E-state index is -0.427. The molecule has 0 spiro atoms. The number of hydrogen-bond acceptors (Lipinski definition) is 5. The van der Waals surface area contributed by atoms with Gasteiger partial charge in [-0.25, -0.2) is 4.79 Å². The zero-order valence-electron chi connectivity index (χ0n) is 11.8. The molecule has 0 saturated carbocycles. The largest absolute Gasteiger partial charge is 0.460 e. The maximum atomic E-state index is 12.0. The average Bonchev–Trinajstić information content (AvgIpc) is 2.51. The molecule has 1 aliphatic rings. The van der Waals surface area contributed by atoms with E-state index in [1.807, 2.05) is 29.2 Å². The van der Waals surface area contributed by atoms with Gasteiger partial charge < -0.3 is 14.4 Å². The van der Waals surface area contributed by atoms with Gasteiger partial charge in [-0.3, -0.25) is 5.43 Å². The molecule has 1 fully saturated rings. The summed E-state index contributed by atoms with van der Waals surface area (Å²) in [6.45, 7) is 4.50. The fourth-order valence-corrected chi connectivity index (χ4v) is 2.12. The minimum absolute atomic E-state index is 0.281. The first-order valence-corrected chi connectivity index (χ1v) is 7.59. The van der Waals surface area contributed by atoms with Gasteiger partial charge in [-0.15, -0.1) is 5.10 Å². The molecule has 6 nitrogen and oxygen atoms in total. The van der Waals surface area contributed by atoms with Gasteiger partial charge >= 0.3 is 5.97 Å². The summed E-state index contributed by atoms with van der Waals surface area (Å²) in [5, 5.41) is 4.21. The summed E-state index contributed by atoms with van der Waals surface area (Å²) in [7, 11) is 0. The van der Waals surface area contributed by atoms with Crippen molar-refractivity contribution in [1.29, 1.82) is 0 Å². The normalized spacial score (nSPS) is 15.7. The predicted molar refractivity (Wildman–Crippen MR) is 84.2 cm³/mol. The summed E-state index contributed by atoms with van der Waals surface area (Å²) < 4.78 is 11.3. The van der Waals surface area contributed by atoms with E-state index in [0.29, 0.717) is 32.9 Å². The molecule has 7 heteroatoms. The van der Waals surface area contributed by atoms with Crippen LogP contribution >= 0.6 is 15.9 Å². The number of hydrogen-bond donors (Lipinski definition) is 1. The molecule has 2 rings (SSSR count). The van der Waals surface area contributed by atoms with E-state index in [-0.39, 0.29) is 5.84 Å². The van der Waals surface area contributed by atoms with Crippen LogP contribution in [-0.2, 0) is 14.3 Å². The molecule has 21 heavy (non-hydrogen) atoms. The molecular formula is C14H18BrN3O3. The van der Waals surface area contributed by atoms with E-state index in [9.17, 15) is 4.79 Å². The Kier molecular flexibility index (Phi) is 6.01. The lowest BCUT2D eigenvalue weighted by Crippen LogP contribution is -2.45. The topological polar surface area (TPSA) is 63.2 Å². The second kappa shape index (κ2) is 7.99. The van der Waals surface area contributed by atoms with Crippen LogP contribution in [0.3, 0.4) is 0 Å². The predicted octanol–water partition coefficient (Wildman–Crippen LogP) is 2.07. The van der Waals surface area contributed by atoms with Crippen LogP contribution in [-0.4, -0.2) is 49.6 Å². The van der Waals surface area contributed by atoms with Gasteiger partial charge in [0.25, 0.3) is 0 Å². The van der Waals surface area contributed by atoms with Crippen LogP contribution in [0.25, 0.3) is 0 Å². The number of morpholine rings is 1. The second-order valence-electron chi connectivity index (χ2n) is 4.37. The van der Waals surface area contributed by atoms with Crippen molar-refractivity contribution in [3.63, 3.8) is 0 Å². The lowest BCUT2D eigenvalue weighted by Gasteiger charge is -2.28. The van der Waals surface area contributed by atoms with E-state index in [2.05, 4.69) is 26.5 Å². The van der Waals surface area contributed by atoms with Crippen molar-refractivity contribution in [2.45, 2.75) is 6.92 Å². The highest BCUT2D eigenvalue weighted by Gasteiger charge is 2.23. The summed E-state index contributed by atoms with van der Waals surface area (Å²) in [5.74, 6) is -0.146. The third-order valence-corrected chi connectivity index (χ3v) is 3.43. The molecule has 0 atom stereocenters. The van der Waals surface area contributed by atoms with Crippen LogP contribution in [0, 0.1) is 0 Å². The first-order valence-electron chi connectivity index (χ1n) is 6.80. The highest BCUT2D eigenvalue weighted by atomic mass is 79.9. The molecular weight excluding hydrogens is 338 g/mol. The number of esters is 1. The molecule has 114 valence electrons. The summed E-state index contributed by atoms with van der Waals surface area (Å²) >= 11 is 3.37. The smallest absolute Gasteiger partial charge is 0.375 e. The van der Waals surface area contributed by atoms with Crippen molar-refractivity contribution in [2.24, 2.45) is 5.10 Å². The number of nitrogens with zero attached hydrogens (tertiary/aromatic N) is 2. The van der Waals surface area contributed by atoms with Gasteiger partial charge in [0.05, 0.1) is 25.5 Å². The summed E-state index contributed by atoms with van der Waals surface area (Å²) in [5.41, 5.74) is 3.69. The molecule has 1 N–H and O–H groups in total. The van der Waals surface area contributed by atoms with E-state index in [1.54, 1.807) is 6.92 Å². The van der Waals surface area contributed by atoms with Gasteiger partial charge in [-0.05, 0) is 31.2 Å². The Morgan fingerprint density at radius 1 is 1.38 bits per heavy atom. The Morgan fingerprint density at radius 3 is 2.67 bits per heavy atom. The molecule has 0 aliphatic carbocycles.